The van der Waals surface area contributed by atoms with Crippen molar-refractivity contribution in [3.8, 4) is 0 Å². The van der Waals surface area contributed by atoms with Gasteiger partial charge in [0.25, 0.3) is 5.91 Å². The molecule has 1 atom stereocenters. The zero-order valence-electron chi connectivity index (χ0n) is 9.53. The summed E-state index contributed by atoms with van der Waals surface area (Å²) < 4.78 is 5.38. The van der Waals surface area contributed by atoms with Gasteiger partial charge in [0, 0.05) is 6.04 Å². The summed E-state index contributed by atoms with van der Waals surface area (Å²) in [5.41, 5.74) is 5.67. The second kappa shape index (κ2) is 4.70. The lowest BCUT2D eigenvalue weighted by atomic mass is 10.2. The smallest absolute Gasteiger partial charge is 0.287 e. The minimum Gasteiger partial charge on any atom is -0.454 e. The molecule has 1 unspecified atom stereocenters. The van der Waals surface area contributed by atoms with Crippen LogP contribution in [0.2, 0.25) is 0 Å². The first-order chi connectivity index (χ1) is 7.66. The van der Waals surface area contributed by atoms with Crippen LogP contribution < -0.4 is 11.1 Å². The Morgan fingerprint density at radius 2 is 2.19 bits per heavy atom. The van der Waals surface area contributed by atoms with Crippen molar-refractivity contribution in [3.05, 3.63) is 23.7 Å². The van der Waals surface area contributed by atoms with Crippen molar-refractivity contribution in [3.63, 3.8) is 0 Å². The molecule has 16 heavy (non-hydrogen) atoms. The summed E-state index contributed by atoms with van der Waals surface area (Å²) in [6, 6.07) is 3.58. The van der Waals surface area contributed by atoms with Gasteiger partial charge in [-0.15, -0.1) is 0 Å². The fourth-order valence-corrected chi connectivity index (χ4v) is 2.05. The number of carbonyl (C=O) groups excluding carboxylic acids is 1. The van der Waals surface area contributed by atoms with E-state index in [9.17, 15) is 4.79 Å². The lowest BCUT2D eigenvalue weighted by Gasteiger charge is -2.10. The van der Waals surface area contributed by atoms with Crippen molar-refractivity contribution in [1.29, 1.82) is 0 Å². The normalized spacial score (nSPS) is 18.6. The second-order valence-electron chi connectivity index (χ2n) is 4.45. The van der Waals surface area contributed by atoms with E-state index in [1.54, 1.807) is 12.1 Å². The first-order valence-electron chi connectivity index (χ1n) is 5.83. The lowest BCUT2D eigenvalue weighted by Crippen LogP contribution is -2.32. The van der Waals surface area contributed by atoms with E-state index < -0.39 is 0 Å². The third-order valence-electron chi connectivity index (χ3n) is 2.99. The molecule has 4 heteroatoms. The molecule has 3 N–H and O–H groups in total. The van der Waals surface area contributed by atoms with Crippen molar-refractivity contribution in [2.75, 3.05) is 0 Å². The first-order valence-corrected chi connectivity index (χ1v) is 5.83. The van der Waals surface area contributed by atoms with Crippen LogP contribution in [0.25, 0.3) is 0 Å². The van der Waals surface area contributed by atoms with E-state index in [-0.39, 0.29) is 11.9 Å². The molecule has 0 bridgehead atoms. The monoisotopic (exact) mass is 222 g/mol. The summed E-state index contributed by atoms with van der Waals surface area (Å²) in [7, 11) is 0. The average Bonchev–Trinajstić information content (AvgIpc) is 2.86. The minimum absolute atomic E-state index is 0.126. The van der Waals surface area contributed by atoms with Gasteiger partial charge in [-0.25, -0.2) is 0 Å². The zero-order valence-corrected chi connectivity index (χ0v) is 9.53. The number of carbonyl (C=O) groups is 1. The SMILES string of the molecule is CC(N)c1ccc(C(=O)NC2CCCC2)o1. The van der Waals surface area contributed by atoms with Gasteiger partial charge < -0.3 is 15.5 Å². The molecular weight excluding hydrogens is 204 g/mol. The fourth-order valence-electron chi connectivity index (χ4n) is 2.05. The van der Waals surface area contributed by atoms with Crippen LogP contribution in [-0.2, 0) is 0 Å². The van der Waals surface area contributed by atoms with Crippen LogP contribution in [0.3, 0.4) is 0 Å². The number of furan rings is 1. The highest BCUT2D eigenvalue weighted by Crippen LogP contribution is 2.19. The number of hydrogen-bond acceptors (Lipinski definition) is 3. The second-order valence-corrected chi connectivity index (χ2v) is 4.45. The molecule has 88 valence electrons. The fraction of sp³-hybridized carbons (Fsp3) is 0.583. The number of amides is 1. The quantitative estimate of drug-likeness (QED) is 0.821. The standard InChI is InChI=1S/C12H18N2O2/c1-8(13)10-6-7-11(16-10)12(15)14-9-4-2-3-5-9/h6-9H,2-5,13H2,1H3,(H,14,15). The molecule has 1 amide bonds. The molecule has 0 aromatic carbocycles. The molecule has 1 saturated carbocycles. The lowest BCUT2D eigenvalue weighted by molar-refractivity contribution is 0.0907. The Balaban J connectivity index is 1.97. The van der Waals surface area contributed by atoms with Crippen molar-refractivity contribution in [2.45, 2.75) is 44.7 Å². The number of hydrogen-bond donors (Lipinski definition) is 2. The summed E-state index contributed by atoms with van der Waals surface area (Å²) in [6.45, 7) is 1.83. The molecule has 1 fully saturated rings. The van der Waals surface area contributed by atoms with Gasteiger partial charge in [0.05, 0.1) is 6.04 Å². The molecular formula is C12H18N2O2. The summed E-state index contributed by atoms with van der Waals surface area (Å²) >= 11 is 0. The Morgan fingerprint density at radius 1 is 1.50 bits per heavy atom. The van der Waals surface area contributed by atoms with Crippen LogP contribution in [-0.4, -0.2) is 11.9 Å². The maximum absolute atomic E-state index is 11.8. The van der Waals surface area contributed by atoms with Crippen LogP contribution in [0.4, 0.5) is 0 Å². The van der Waals surface area contributed by atoms with Gasteiger partial charge in [-0.2, -0.15) is 0 Å². The first kappa shape index (κ1) is 11.2. The van der Waals surface area contributed by atoms with Gasteiger partial charge >= 0.3 is 0 Å². The van der Waals surface area contributed by atoms with E-state index in [4.69, 9.17) is 10.2 Å². The third kappa shape index (κ3) is 2.44. The Morgan fingerprint density at radius 3 is 2.75 bits per heavy atom. The highest BCUT2D eigenvalue weighted by molar-refractivity contribution is 5.91. The molecule has 0 radical (unpaired) electrons. The topological polar surface area (TPSA) is 68.3 Å². The molecule has 1 aliphatic rings. The highest BCUT2D eigenvalue weighted by atomic mass is 16.4. The number of rotatable bonds is 3. The number of nitrogens with two attached hydrogens (primary N) is 1. The van der Waals surface area contributed by atoms with Gasteiger partial charge in [0.15, 0.2) is 5.76 Å². The predicted molar refractivity (Wildman–Crippen MR) is 61.0 cm³/mol. The Bertz CT molecular complexity index is 365. The van der Waals surface area contributed by atoms with E-state index in [0.29, 0.717) is 17.6 Å². The molecule has 2 rings (SSSR count). The van der Waals surface area contributed by atoms with Crippen molar-refractivity contribution < 1.29 is 9.21 Å². The molecule has 1 heterocycles. The Kier molecular flexibility index (Phi) is 3.29. The Hall–Kier alpha value is -1.29. The summed E-state index contributed by atoms with van der Waals surface area (Å²) in [4.78, 5) is 11.8. The summed E-state index contributed by atoms with van der Waals surface area (Å²) in [6.07, 6.45) is 4.56. The van der Waals surface area contributed by atoms with Crippen molar-refractivity contribution >= 4 is 5.91 Å². The molecule has 1 aliphatic carbocycles. The Labute approximate surface area is 95.2 Å². The summed E-state index contributed by atoms with van der Waals surface area (Å²) in [5.74, 6) is 0.884. The average molecular weight is 222 g/mol. The van der Waals surface area contributed by atoms with Gasteiger partial charge in [0.1, 0.15) is 5.76 Å². The minimum atomic E-state index is -0.173. The van der Waals surface area contributed by atoms with Gasteiger partial charge in [-0.1, -0.05) is 12.8 Å². The van der Waals surface area contributed by atoms with Crippen LogP contribution in [0.1, 0.15) is 55.0 Å². The number of nitrogens with one attached hydrogen (secondary N) is 1. The maximum atomic E-state index is 11.8. The van der Waals surface area contributed by atoms with E-state index in [1.165, 1.54) is 12.8 Å². The van der Waals surface area contributed by atoms with Gasteiger partial charge in [-0.05, 0) is 31.9 Å². The van der Waals surface area contributed by atoms with Crippen LogP contribution in [0.15, 0.2) is 16.5 Å². The summed E-state index contributed by atoms with van der Waals surface area (Å²) in [5, 5.41) is 2.97. The zero-order chi connectivity index (χ0) is 11.5. The van der Waals surface area contributed by atoms with Crippen LogP contribution >= 0.6 is 0 Å². The highest BCUT2D eigenvalue weighted by Gasteiger charge is 2.20. The van der Waals surface area contributed by atoms with Crippen molar-refractivity contribution in [2.24, 2.45) is 5.73 Å². The molecule has 1 aromatic rings. The van der Waals surface area contributed by atoms with E-state index >= 15 is 0 Å². The van der Waals surface area contributed by atoms with Crippen LogP contribution in [0, 0.1) is 0 Å². The molecule has 0 spiro atoms. The molecule has 0 aliphatic heterocycles. The molecule has 1 aromatic heterocycles. The van der Waals surface area contributed by atoms with E-state index in [0.717, 1.165) is 12.8 Å². The van der Waals surface area contributed by atoms with Crippen molar-refractivity contribution in [1.82, 2.24) is 5.32 Å². The largest absolute Gasteiger partial charge is 0.454 e. The third-order valence-corrected chi connectivity index (χ3v) is 2.99. The van der Waals surface area contributed by atoms with E-state index in [2.05, 4.69) is 5.32 Å². The molecule has 0 saturated heterocycles. The molecule has 4 nitrogen and oxygen atoms in total. The van der Waals surface area contributed by atoms with Crippen LogP contribution in [0.5, 0.6) is 0 Å². The maximum Gasteiger partial charge on any atom is 0.287 e. The van der Waals surface area contributed by atoms with Gasteiger partial charge in [-0.3, -0.25) is 4.79 Å². The van der Waals surface area contributed by atoms with Gasteiger partial charge in [0.2, 0.25) is 0 Å². The van der Waals surface area contributed by atoms with E-state index in [1.807, 2.05) is 6.92 Å². The predicted octanol–water partition coefficient (Wildman–Crippen LogP) is 1.97.